The predicted molar refractivity (Wildman–Crippen MR) is 35.0 cm³/mol. The van der Waals surface area contributed by atoms with Gasteiger partial charge in [-0.3, -0.25) is 0 Å². The Morgan fingerprint density at radius 1 is 1.44 bits per heavy atom. The van der Waals surface area contributed by atoms with Crippen molar-refractivity contribution in [3.63, 3.8) is 0 Å². The number of aryl methyl sites for hydroxylation is 2. The summed E-state index contributed by atoms with van der Waals surface area (Å²) in [6.07, 6.45) is 0. The van der Waals surface area contributed by atoms with Crippen LogP contribution >= 0.6 is 11.3 Å². The van der Waals surface area contributed by atoms with Gasteiger partial charge in [-0.15, -0.1) is 0 Å². The van der Waals surface area contributed by atoms with Crippen LogP contribution in [0.4, 0.5) is 0 Å². The number of aromatic nitrogens is 1. The summed E-state index contributed by atoms with van der Waals surface area (Å²) in [6.45, 7) is 4.27. The van der Waals surface area contributed by atoms with Gasteiger partial charge in [-0.2, -0.15) is 4.57 Å². The highest BCUT2D eigenvalue weighted by atomic mass is 35.5. The van der Waals surface area contributed by atoms with Crippen LogP contribution in [0.25, 0.3) is 0 Å². The zero-order valence-electron chi connectivity index (χ0n) is 5.81. The summed E-state index contributed by atoms with van der Waals surface area (Å²) in [7, 11) is 2.07. The Balaban J connectivity index is 0.000000640. The van der Waals surface area contributed by atoms with E-state index in [1.165, 1.54) is 10.6 Å². The molecule has 0 N–H and O–H groups in total. The third-order valence-electron chi connectivity index (χ3n) is 1.43. The van der Waals surface area contributed by atoms with Crippen LogP contribution in [-0.4, -0.2) is 0 Å². The van der Waals surface area contributed by atoms with Gasteiger partial charge in [0.25, 0.3) is 0 Å². The number of nitrogens with zero attached hydrogens (tertiary/aromatic N) is 1. The van der Waals surface area contributed by atoms with Crippen molar-refractivity contribution in [3.05, 3.63) is 16.1 Å². The Morgan fingerprint density at radius 3 is 2.11 bits per heavy atom. The molecule has 0 amide bonds. The Kier molecular flexibility index (Phi) is 3.15. The Labute approximate surface area is 65.7 Å². The summed E-state index contributed by atoms with van der Waals surface area (Å²) in [4.78, 5) is 1.41. The molecule has 9 heavy (non-hydrogen) atoms. The van der Waals surface area contributed by atoms with Gasteiger partial charge in [0.15, 0.2) is 5.69 Å². The van der Waals surface area contributed by atoms with Gasteiger partial charge in [0, 0.05) is 6.92 Å². The van der Waals surface area contributed by atoms with Gasteiger partial charge in [-0.05, 0) is 6.92 Å². The van der Waals surface area contributed by atoms with Crippen molar-refractivity contribution in [3.8, 4) is 0 Å². The van der Waals surface area contributed by atoms with Gasteiger partial charge in [-0.25, -0.2) is 0 Å². The summed E-state index contributed by atoms with van der Waals surface area (Å²) < 4.78 is 2.14. The number of hydrogen-bond donors (Lipinski definition) is 0. The predicted octanol–water partition coefficient (Wildman–Crippen LogP) is -1.81. The normalized spacial score (nSPS) is 8.78. The van der Waals surface area contributed by atoms with E-state index in [9.17, 15) is 0 Å². The molecular formula is C6H10ClNS. The summed E-state index contributed by atoms with van der Waals surface area (Å²) in [6, 6.07) is 0. The summed E-state index contributed by atoms with van der Waals surface area (Å²) in [5, 5.41) is 0. The molecule has 0 saturated carbocycles. The van der Waals surface area contributed by atoms with Crippen LogP contribution in [0.1, 0.15) is 10.6 Å². The zero-order chi connectivity index (χ0) is 6.15. The SMILES string of the molecule is Cc1sc[n+](C)c1C.[Cl-]. The van der Waals surface area contributed by atoms with Crippen molar-refractivity contribution in [1.82, 2.24) is 0 Å². The smallest absolute Gasteiger partial charge is 0.224 e. The van der Waals surface area contributed by atoms with E-state index in [2.05, 4.69) is 31.0 Å². The minimum absolute atomic E-state index is 0. The lowest BCUT2D eigenvalue weighted by atomic mass is 10.4. The first-order valence-corrected chi connectivity index (χ1v) is 3.50. The third-order valence-corrected chi connectivity index (χ3v) is 2.50. The van der Waals surface area contributed by atoms with Gasteiger partial charge in [0.1, 0.15) is 7.05 Å². The van der Waals surface area contributed by atoms with Gasteiger partial charge in [0.2, 0.25) is 5.51 Å². The van der Waals surface area contributed by atoms with Gasteiger partial charge in [-0.1, -0.05) is 11.3 Å². The van der Waals surface area contributed by atoms with Crippen molar-refractivity contribution < 1.29 is 17.0 Å². The molecule has 0 aliphatic rings. The van der Waals surface area contributed by atoms with Crippen LogP contribution in [0, 0.1) is 13.8 Å². The molecule has 0 atom stereocenters. The van der Waals surface area contributed by atoms with Crippen molar-refractivity contribution in [2.24, 2.45) is 7.05 Å². The van der Waals surface area contributed by atoms with E-state index in [0.29, 0.717) is 0 Å². The van der Waals surface area contributed by atoms with Crippen LogP contribution in [-0.2, 0) is 7.05 Å². The fourth-order valence-corrected chi connectivity index (χ4v) is 1.36. The molecule has 1 nitrogen and oxygen atoms in total. The third kappa shape index (κ3) is 1.66. The van der Waals surface area contributed by atoms with E-state index in [0.717, 1.165) is 0 Å². The minimum Gasteiger partial charge on any atom is -1.00 e. The van der Waals surface area contributed by atoms with Gasteiger partial charge < -0.3 is 12.4 Å². The second-order valence-electron chi connectivity index (χ2n) is 1.98. The van der Waals surface area contributed by atoms with E-state index in [-0.39, 0.29) is 12.4 Å². The first-order valence-electron chi connectivity index (χ1n) is 2.62. The number of halogens is 1. The van der Waals surface area contributed by atoms with Gasteiger partial charge >= 0.3 is 0 Å². The van der Waals surface area contributed by atoms with Crippen molar-refractivity contribution in [2.75, 3.05) is 0 Å². The van der Waals surface area contributed by atoms with Crippen LogP contribution in [0.2, 0.25) is 0 Å². The molecule has 3 heteroatoms. The summed E-state index contributed by atoms with van der Waals surface area (Å²) >= 11 is 1.79. The molecule has 0 aliphatic carbocycles. The first-order chi connectivity index (χ1) is 3.72. The van der Waals surface area contributed by atoms with Crippen LogP contribution < -0.4 is 17.0 Å². The average molecular weight is 164 g/mol. The molecule has 52 valence electrons. The van der Waals surface area contributed by atoms with Crippen LogP contribution in [0.3, 0.4) is 0 Å². The molecule has 1 aromatic heterocycles. The quantitative estimate of drug-likeness (QED) is 0.398. The lowest BCUT2D eigenvalue weighted by Crippen LogP contribution is -3.00. The van der Waals surface area contributed by atoms with E-state index >= 15 is 0 Å². The van der Waals surface area contributed by atoms with E-state index in [1.807, 2.05) is 0 Å². The average Bonchev–Trinajstić information content (AvgIpc) is 1.98. The topological polar surface area (TPSA) is 3.88 Å². The maximum absolute atomic E-state index is 2.14. The number of thiazole rings is 1. The minimum atomic E-state index is 0. The van der Waals surface area contributed by atoms with Crippen LogP contribution in [0.15, 0.2) is 5.51 Å². The fraction of sp³-hybridized carbons (Fsp3) is 0.500. The maximum atomic E-state index is 2.14. The molecule has 0 saturated heterocycles. The summed E-state index contributed by atoms with van der Waals surface area (Å²) in [5.41, 5.74) is 3.49. The Bertz CT molecular complexity index is 175. The molecule has 0 spiro atoms. The lowest BCUT2D eigenvalue weighted by molar-refractivity contribution is -0.672. The van der Waals surface area contributed by atoms with Crippen LogP contribution in [0.5, 0.6) is 0 Å². The monoisotopic (exact) mass is 163 g/mol. The molecule has 0 aromatic carbocycles. The highest BCUT2D eigenvalue weighted by Crippen LogP contribution is 2.05. The van der Waals surface area contributed by atoms with Crippen molar-refractivity contribution in [2.45, 2.75) is 13.8 Å². The Morgan fingerprint density at radius 2 is 2.00 bits per heavy atom. The second kappa shape index (κ2) is 3.18. The summed E-state index contributed by atoms with van der Waals surface area (Å²) in [5.74, 6) is 0. The highest BCUT2D eigenvalue weighted by molar-refractivity contribution is 7.09. The molecule has 0 fully saturated rings. The molecule has 1 rings (SSSR count). The molecule has 0 unspecified atom stereocenters. The standard InChI is InChI=1S/C6H10NS.ClH/c1-5-6(2)8-4-7(5)3;/h4H,1-3H3;1H/q+1;/p-1. The number of rotatable bonds is 0. The second-order valence-corrected chi connectivity index (χ2v) is 3.03. The number of hydrogen-bond acceptors (Lipinski definition) is 1. The molecule has 0 aliphatic heterocycles. The fourth-order valence-electron chi connectivity index (χ4n) is 0.571. The molecular weight excluding hydrogens is 154 g/mol. The van der Waals surface area contributed by atoms with Crippen molar-refractivity contribution in [1.29, 1.82) is 0 Å². The largest absolute Gasteiger partial charge is 1.00 e. The zero-order valence-corrected chi connectivity index (χ0v) is 7.38. The molecule has 1 aromatic rings. The molecule has 0 bridgehead atoms. The molecule has 0 radical (unpaired) electrons. The Hall–Kier alpha value is -0.0800. The highest BCUT2D eigenvalue weighted by Gasteiger charge is 2.04. The van der Waals surface area contributed by atoms with E-state index in [4.69, 9.17) is 0 Å². The molecule has 1 heterocycles. The lowest BCUT2D eigenvalue weighted by Gasteiger charge is -1.79. The van der Waals surface area contributed by atoms with E-state index < -0.39 is 0 Å². The maximum Gasteiger partial charge on any atom is 0.224 e. The van der Waals surface area contributed by atoms with E-state index in [1.54, 1.807) is 11.3 Å². The first kappa shape index (κ1) is 8.92. The van der Waals surface area contributed by atoms with Crippen molar-refractivity contribution >= 4 is 11.3 Å². The van der Waals surface area contributed by atoms with Gasteiger partial charge in [0.05, 0.1) is 4.88 Å².